The van der Waals surface area contributed by atoms with Crippen molar-refractivity contribution in [1.29, 1.82) is 0 Å². The average molecular weight is 470 g/mol. The first kappa shape index (κ1) is 21.4. The summed E-state index contributed by atoms with van der Waals surface area (Å²) in [5, 5.41) is 10.8. The summed E-state index contributed by atoms with van der Waals surface area (Å²) >= 11 is 1.53. The molecule has 0 saturated carbocycles. The number of piperidine rings is 1. The van der Waals surface area contributed by atoms with E-state index in [2.05, 4.69) is 21.7 Å². The van der Waals surface area contributed by atoms with Crippen LogP contribution in [0.15, 0.2) is 28.4 Å². The Morgan fingerprint density at radius 3 is 2.88 bits per heavy atom. The second-order valence-corrected chi connectivity index (χ2v) is 10.9. The van der Waals surface area contributed by atoms with Crippen molar-refractivity contribution in [1.82, 2.24) is 15.0 Å². The highest BCUT2D eigenvalue weighted by Crippen LogP contribution is 2.45. The predicted molar refractivity (Wildman–Crippen MR) is 126 cm³/mol. The summed E-state index contributed by atoms with van der Waals surface area (Å²) in [5.74, 6) is 2.58. The second kappa shape index (κ2) is 8.60. The number of hydrogen-bond acceptors (Lipinski definition) is 9. The first-order valence-corrected chi connectivity index (χ1v) is 12.9. The fourth-order valence-corrected chi connectivity index (χ4v) is 6.69. The van der Waals surface area contributed by atoms with E-state index in [0.29, 0.717) is 29.9 Å². The van der Waals surface area contributed by atoms with E-state index in [-0.39, 0.29) is 6.61 Å². The lowest BCUT2D eigenvalue weighted by Crippen LogP contribution is -2.41. The van der Waals surface area contributed by atoms with E-state index in [4.69, 9.17) is 19.4 Å². The third-order valence-electron chi connectivity index (χ3n) is 7.60. The van der Waals surface area contributed by atoms with Crippen LogP contribution in [0.1, 0.15) is 44.7 Å². The lowest BCUT2D eigenvalue weighted by molar-refractivity contribution is 0.0975. The molecule has 8 nitrogen and oxygen atoms in total. The highest BCUT2D eigenvalue weighted by molar-refractivity contribution is 7.99. The first-order chi connectivity index (χ1) is 16.1. The van der Waals surface area contributed by atoms with Crippen molar-refractivity contribution in [3.05, 3.63) is 24.2 Å². The van der Waals surface area contributed by atoms with Crippen LogP contribution in [0.5, 0.6) is 5.75 Å². The Kier molecular flexibility index (Phi) is 5.58. The lowest BCUT2D eigenvalue weighted by atomic mass is 9.77. The van der Waals surface area contributed by atoms with Crippen molar-refractivity contribution in [2.75, 3.05) is 42.6 Å². The molecule has 0 amide bonds. The molecule has 3 fully saturated rings. The zero-order chi connectivity index (χ0) is 22.4. The number of rotatable bonds is 4. The number of aromatic nitrogens is 3. The highest BCUT2D eigenvalue weighted by atomic mass is 32.2. The van der Waals surface area contributed by atoms with Gasteiger partial charge < -0.3 is 24.4 Å². The number of aliphatic hydroxyl groups is 1. The van der Waals surface area contributed by atoms with Gasteiger partial charge in [0.05, 0.1) is 36.5 Å². The second-order valence-electron chi connectivity index (χ2n) is 9.81. The highest BCUT2D eigenvalue weighted by Gasteiger charge is 2.41. The van der Waals surface area contributed by atoms with Gasteiger partial charge in [-0.15, -0.1) is 0 Å². The molecule has 1 unspecified atom stereocenters. The first-order valence-electron chi connectivity index (χ1n) is 12.0. The molecule has 0 radical (unpaired) electrons. The molecule has 6 heterocycles. The van der Waals surface area contributed by atoms with Crippen molar-refractivity contribution < 1.29 is 14.6 Å². The number of pyridine rings is 1. The quantitative estimate of drug-likeness (QED) is 0.725. The van der Waals surface area contributed by atoms with Crippen LogP contribution in [0.4, 0.5) is 11.6 Å². The standard InChI is InChI=1S/C24H31N5O3S/c1-16-11-24(15-32-16)5-9-28(10-6-24)22-18(13-30)27-20(12-26-22)33-19-4-7-25-23-21(19)31-14-17-3-2-8-29(17)23/h4,7,12,16-17,30H,2-3,5-6,8-11,13-15H2,1H3/t16-,17?/m0/s1. The van der Waals surface area contributed by atoms with Crippen LogP contribution in [0, 0.1) is 5.41 Å². The zero-order valence-corrected chi connectivity index (χ0v) is 19.9. The van der Waals surface area contributed by atoms with Crippen molar-refractivity contribution in [2.45, 2.75) is 67.7 Å². The van der Waals surface area contributed by atoms with Gasteiger partial charge in [0, 0.05) is 25.8 Å². The topological polar surface area (TPSA) is 83.8 Å². The summed E-state index contributed by atoms with van der Waals surface area (Å²) in [6.07, 6.45) is 9.70. The maximum atomic E-state index is 10.1. The molecule has 3 saturated heterocycles. The molecule has 176 valence electrons. The summed E-state index contributed by atoms with van der Waals surface area (Å²) in [6, 6.07) is 2.41. The van der Waals surface area contributed by atoms with Crippen LogP contribution in [0.25, 0.3) is 0 Å². The van der Waals surface area contributed by atoms with E-state index < -0.39 is 0 Å². The fourth-order valence-electron chi connectivity index (χ4n) is 5.83. The molecule has 1 N–H and O–H groups in total. The van der Waals surface area contributed by atoms with E-state index in [1.807, 2.05) is 18.5 Å². The Balaban J connectivity index is 1.20. The smallest absolute Gasteiger partial charge is 0.175 e. The third-order valence-corrected chi connectivity index (χ3v) is 8.55. The Morgan fingerprint density at radius 1 is 1.21 bits per heavy atom. The maximum absolute atomic E-state index is 10.1. The van der Waals surface area contributed by atoms with Gasteiger partial charge in [-0.3, -0.25) is 0 Å². The summed E-state index contributed by atoms with van der Waals surface area (Å²) in [7, 11) is 0. The molecule has 2 aromatic heterocycles. The van der Waals surface area contributed by atoms with E-state index in [1.54, 1.807) is 0 Å². The summed E-state index contributed by atoms with van der Waals surface area (Å²) < 4.78 is 12.0. The molecule has 0 aliphatic carbocycles. The monoisotopic (exact) mass is 469 g/mol. The molecular weight excluding hydrogens is 438 g/mol. The summed E-state index contributed by atoms with van der Waals surface area (Å²) in [6.45, 7) is 6.50. The Labute approximate surface area is 198 Å². The molecule has 0 bridgehead atoms. The van der Waals surface area contributed by atoms with Crippen molar-refractivity contribution in [3.63, 3.8) is 0 Å². The maximum Gasteiger partial charge on any atom is 0.175 e. The number of aliphatic hydroxyl groups excluding tert-OH is 1. The molecule has 33 heavy (non-hydrogen) atoms. The lowest BCUT2D eigenvalue weighted by Gasteiger charge is -2.39. The number of ether oxygens (including phenoxy) is 2. The van der Waals surface area contributed by atoms with Gasteiger partial charge in [0.25, 0.3) is 0 Å². The summed E-state index contributed by atoms with van der Waals surface area (Å²) in [5.41, 5.74) is 0.947. The van der Waals surface area contributed by atoms with Gasteiger partial charge in [-0.2, -0.15) is 0 Å². The zero-order valence-electron chi connectivity index (χ0n) is 19.1. The third kappa shape index (κ3) is 3.94. The van der Waals surface area contributed by atoms with Gasteiger partial charge in [-0.1, -0.05) is 11.8 Å². The van der Waals surface area contributed by atoms with Gasteiger partial charge in [0.15, 0.2) is 17.4 Å². The van der Waals surface area contributed by atoms with Crippen molar-refractivity contribution in [3.8, 4) is 5.75 Å². The van der Waals surface area contributed by atoms with Crippen LogP contribution in [-0.4, -0.2) is 65.1 Å². The molecule has 2 aromatic rings. The molecule has 4 aliphatic heterocycles. The molecule has 6 rings (SSSR count). The minimum Gasteiger partial charge on any atom is -0.486 e. The van der Waals surface area contributed by atoms with Crippen molar-refractivity contribution in [2.24, 2.45) is 5.41 Å². The molecule has 0 aromatic carbocycles. The Hall–Kier alpha value is -2.10. The average Bonchev–Trinajstić information content (AvgIpc) is 3.47. The van der Waals surface area contributed by atoms with Gasteiger partial charge in [0.1, 0.15) is 17.3 Å². The number of nitrogens with zero attached hydrogens (tertiary/aromatic N) is 5. The van der Waals surface area contributed by atoms with Gasteiger partial charge in [-0.25, -0.2) is 15.0 Å². The number of fused-ring (bicyclic) bond motifs is 3. The molecule has 2 atom stereocenters. The largest absolute Gasteiger partial charge is 0.486 e. The fraction of sp³-hybridized carbons (Fsp3) is 0.625. The van der Waals surface area contributed by atoms with E-state index in [9.17, 15) is 5.11 Å². The normalized spacial score (nSPS) is 25.8. The molecule has 9 heteroatoms. The molecule has 4 aliphatic rings. The van der Waals surface area contributed by atoms with Crippen LogP contribution in [0.2, 0.25) is 0 Å². The van der Waals surface area contributed by atoms with Gasteiger partial charge in [0.2, 0.25) is 0 Å². The Morgan fingerprint density at radius 2 is 2.09 bits per heavy atom. The van der Waals surface area contributed by atoms with Crippen LogP contribution < -0.4 is 14.5 Å². The van der Waals surface area contributed by atoms with E-state index in [0.717, 1.165) is 79.2 Å². The van der Waals surface area contributed by atoms with Crippen LogP contribution in [-0.2, 0) is 11.3 Å². The van der Waals surface area contributed by atoms with Crippen molar-refractivity contribution >= 4 is 23.4 Å². The van der Waals surface area contributed by atoms with E-state index in [1.165, 1.54) is 18.2 Å². The predicted octanol–water partition coefficient (Wildman–Crippen LogP) is 3.27. The van der Waals surface area contributed by atoms with Gasteiger partial charge >= 0.3 is 0 Å². The minimum atomic E-state index is -0.126. The van der Waals surface area contributed by atoms with E-state index >= 15 is 0 Å². The molecule has 1 spiro atoms. The SMILES string of the molecule is C[C@H]1CC2(CCN(c3ncc(Sc4ccnc5c4OCC4CCCN54)nc3CO)CC2)CO1. The molecular formula is C24H31N5O3S. The van der Waals surface area contributed by atoms with Crippen LogP contribution in [0.3, 0.4) is 0 Å². The minimum absolute atomic E-state index is 0.126. The number of hydrogen-bond donors (Lipinski definition) is 1. The number of anilines is 2. The van der Waals surface area contributed by atoms with Crippen LogP contribution >= 0.6 is 11.8 Å². The van der Waals surface area contributed by atoms with Gasteiger partial charge in [-0.05, 0) is 50.5 Å². The Bertz CT molecular complexity index is 1030. The summed E-state index contributed by atoms with van der Waals surface area (Å²) in [4.78, 5) is 19.8.